The quantitative estimate of drug-likeness (QED) is 0.882. The summed E-state index contributed by atoms with van der Waals surface area (Å²) in [5.41, 5.74) is 1.64. The minimum Gasteiger partial charge on any atom is -0.396 e. The Labute approximate surface area is 130 Å². The Morgan fingerprint density at radius 1 is 1.45 bits per heavy atom. The molecule has 1 fully saturated rings. The van der Waals surface area contributed by atoms with Crippen molar-refractivity contribution in [1.82, 2.24) is 10.2 Å². The number of aliphatic hydroxyl groups is 1. The van der Waals surface area contributed by atoms with Gasteiger partial charge in [-0.15, -0.1) is 0 Å². The molecule has 0 radical (unpaired) electrons. The average Bonchev–Trinajstić information content (AvgIpc) is 2.99. The Morgan fingerprint density at radius 3 is 3.00 bits per heavy atom. The highest BCUT2D eigenvalue weighted by molar-refractivity contribution is 5.75. The third-order valence-electron chi connectivity index (χ3n) is 5.02. The molecule has 3 rings (SSSR count). The summed E-state index contributed by atoms with van der Waals surface area (Å²) in [7, 11) is 0. The molecular weight excluding hydrogens is 283 g/mol. The van der Waals surface area contributed by atoms with Crippen molar-refractivity contribution in [2.45, 2.75) is 32.2 Å². The van der Waals surface area contributed by atoms with Crippen LogP contribution in [0.3, 0.4) is 0 Å². The molecular formula is C17H23FN2O2. The van der Waals surface area contributed by atoms with E-state index in [2.05, 4.69) is 12.2 Å². The summed E-state index contributed by atoms with van der Waals surface area (Å²) in [4.78, 5) is 14.2. The van der Waals surface area contributed by atoms with E-state index in [1.807, 2.05) is 6.07 Å². The topological polar surface area (TPSA) is 52.6 Å². The van der Waals surface area contributed by atoms with Crippen LogP contribution in [0.2, 0.25) is 0 Å². The lowest BCUT2D eigenvalue weighted by atomic mass is 9.80. The van der Waals surface area contributed by atoms with E-state index < -0.39 is 0 Å². The largest absolute Gasteiger partial charge is 0.396 e. The maximum Gasteiger partial charge on any atom is 0.317 e. The molecule has 3 unspecified atom stereocenters. The lowest BCUT2D eigenvalue weighted by Gasteiger charge is -2.33. The van der Waals surface area contributed by atoms with Gasteiger partial charge < -0.3 is 15.3 Å². The SMILES string of the molecule is CC1CCc2c(F)cccc2C1NC(=O)N1CCC(CO)C1. The van der Waals surface area contributed by atoms with Crippen LogP contribution < -0.4 is 5.32 Å². The Kier molecular flexibility index (Phi) is 4.34. The molecule has 1 aromatic carbocycles. The van der Waals surface area contributed by atoms with Crippen LogP contribution in [0.5, 0.6) is 0 Å². The van der Waals surface area contributed by atoms with Crippen LogP contribution in [-0.2, 0) is 6.42 Å². The molecule has 1 aliphatic carbocycles. The molecule has 5 heteroatoms. The van der Waals surface area contributed by atoms with Crippen molar-refractivity contribution >= 4 is 6.03 Å². The van der Waals surface area contributed by atoms with Crippen molar-refractivity contribution in [3.05, 3.63) is 35.1 Å². The number of hydrogen-bond acceptors (Lipinski definition) is 2. The number of carbonyl (C=O) groups excluding carboxylic acids is 1. The zero-order valence-electron chi connectivity index (χ0n) is 12.9. The first-order valence-electron chi connectivity index (χ1n) is 8.03. The Balaban J connectivity index is 1.75. The van der Waals surface area contributed by atoms with Gasteiger partial charge in [0.25, 0.3) is 0 Å². The van der Waals surface area contributed by atoms with Crippen LogP contribution in [-0.4, -0.2) is 35.7 Å². The second kappa shape index (κ2) is 6.24. The molecule has 0 aromatic heterocycles. The minimum atomic E-state index is -0.176. The molecule has 22 heavy (non-hydrogen) atoms. The fourth-order valence-corrected chi connectivity index (χ4v) is 3.59. The predicted molar refractivity (Wildman–Crippen MR) is 81.9 cm³/mol. The molecule has 0 spiro atoms. The zero-order valence-corrected chi connectivity index (χ0v) is 12.9. The van der Waals surface area contributed by atoms with Crippen LogP contribution >= 0.6 is 0 Å². The highest BCUT2D eigenvalue weighted by Gasteiger charge is 2.32. The Hall–Kier alpha value is -1.62. The number of benzene rings is 1. The van der Waals surface area contributed by atoms with Crippen molar-refractivity contribution in [2.24, 2.45) is 11.8 Å². The van der Waals surface area contributed by atoms with Gasteiger partial charge in [-0.2, -0.15) is 0 Å². The molecule has 120 valence electrons. The van der Waals surface area contributed by atoms with Gasteiger partial charge in [0.2, 0.25) is 0 Å². The lowest BCUT2D eigenvalue weighted by molar-refractivity contribution is 0.189. The molecule has 1 saturated heterocycles. The number of hydrogen-bond donors (Lipinski definition) is 2. The van der Waals surface area contributed by atoms with Gasteiger partial charge in [0, 0.05) is 25.6 Å². The van der Waals surface area contributed by atoms with Crippen LogP contribution in [0.15, 0.2) is 18.2 Å². The number of halogens is 1. The Morgan fingerprint density at radius 2 is 2.27 bits per heavy atom. The van der Waals surface area contributed by atoms with Gasteiger partial charge >= 0.3 is 6.03 Å². The van der Waals surface area contributed by atoms with Crippen LogP contribution in [0, 0.1) is 17.7 Å². The summed E-state index contributed by atoms with van der Waals surface area (Å²) in [6, 6.07) is 4.87. The fourth-order valence-electron chi connectivity index (χ4n) is 3.59. The zero-order chi connectivity index (χ0) is 15.7. The summed E-state index contributed by atoms with van der Waals surface area (Å²) in [6.07, 6.45) is 2.44. The second-order valence-electron chi connectivity index (χ2n) is 6.53. The fraction of sp³-hybridized carbons (Fsp3) is 0.588. The first-order chi connectivity index (χ1) is 10.6. The van der Waals surface area contributed by atoms with Gasteiger partial charge in [-0.1, -0.05) is 19.1 Å². The summed E-state index contributed by atoms with van der Waals surface area (Å²) in [5.74, 6) is 0.291. The number of nitrogens with one attached hydrogen (secondary N) is 1. The van der Waals surface area contributed by atoms with Crippen LogP contribution in [0.4, 0.5) is 9.18 Å². The van der Waals surface area contributed by atoms with E-state index in [0.29, 0.717) is 13.1 Å². The number of urea groups is 1. The molecule has 2 aliphatic rings. The molecule has 1 aliphatic heterocycles. The van der Waals surface area contributed by atoms with E-state index in [9.17, 15) is 14.3 Å². The summed E-state index contributed by atoms with van der Waals surface area (Å²) >= 11 is 0. The predicted octanol–water partition coefficient (Wildman–Crippen LogP) is 2.47. The highest BCUT2D eigenvalue weighted by atomic mass is 19.1. The number of likely N-dealkylation sites (tertiary alicyclic amines) is 1. The minimum absolute atomic E-state index is 0.107. The normalized spacial score (nSPS) is 27.6. The Bertz CT molecular complexity index is 564. The van der Waals surface area contributed by atoms with Crippen molar-refractivity contribution < 1.29 is 14.3 Å². The van der Waals surface area contributed by atoms with Gasteiger partial charge in [0.05, 0.1) is 6.04 Å². The third-order valence-corrected chi connectivity index (χ3v) is 5.02. The number of amides is 2. The number of nitrogens with zero attached hydrogens (tertiary/aromatic N) is 1. The van der Waals surface area contributed by atoms with Gasteiger partial charge in [-0.05, 0) is 42.4 Å². The first-order valence-corrected chi connectivity index (χ1v) is 8.03. The molecule has 0 bridgehead atoms. The lowest BCUT2D eigenvalue weighted by Crippen LogP contribution is -2.43. The molecule has 2 amide bonds. The first kappa shape index (κ1) is 15.3. The molecule has 1 aromatic rings. The third kappa shape index (κ3) is 2.82. The van der Waals surface area contributed by atoms with Gasteiger partial charge in [-0.25, -0.2) is 9.18 Å². The van der Waals surface area contributed by atoms with Crippen LogP contribution in [0.25, 0.3) is 0 Å². The second-order valence-corrected chi connectivity index (χ2v) is 6.53. The van der Waals surface area contributed by atoms with E-state index >= 15 is 0 Å². The maximum atomic E-state index is 14.0. The van der Waals surface area contributed by atoms with E-state index in [1.54, 1.807) is 11.0 Å². The van der Waals surface area contributed by atoms with Crippen molar-refractivity contribution in [1.29, 1.82) is 0 Å². The highest BCUT2D eigenvalue weighted by Crippen LogP contribution is 2.35. The standard InChI is InChI=1S/C17H23FN2O2/c1-11-5-6-13-14(3-2-4-15(13)18)16(11)19-17(22)20-8-7-12(9-20)10-21/h2-4,11-12,16,21H,5-10H2,1H3,(H,19,22). The van der Waals surface area contributed by atoms with Gasteiger partial charge in [0.1, 0.15) is 5.82 Å². The number of rotatable bonds is 2. The van der Waals surface area contributed by atoms with Gasteiger partial charge in [0.15, 0.2) is 0 Å². The number of carbonyl (C=O) groups is 1. The average molecular weight is 306 g/mol. The van der Waals surface area contributed by atoms with Crippen molar-refractivity contribution in [2.75, 3.05) is 19.7 Å². The summed E-state index contributed by atoms with van der Waals surface area (Å²) < 4.78 is 14.0. The van der Waals surface area contributed by atoms with Crippen molar-refractivity contribution in [3.63, 3.8) is 0 Å². The van der Waals surface area contributed by atoms with E-state index in [4.69, 9.17) is 0 Å². The number of fused-ring (bicyclic) bond motifs is 1. The molecule has 2 N–H and O–H groups in total. The number of aliphatic hydroxyl groups excluding tert-OH is 1. The van der Waals surface area contributed by atoms with Crippen molar-refractivity contribution in [3.8, 4) is 0 Å². The molecule has 0 saturated carbocycles. The monoisotopic (exact) mass is 306 g/mol. The molecule has 4 nitrogen and oxygen atoms in total. The molecule has 3 atom stereocenters. The maximum absolute atomic E-state index is 14.0. The summed E-state index contributed by atoms with van der Waals surface area (Å²) in [6.45, 7) is 3.49. The smallest absolute Gasteiger partial charge is 0.317 e. The van der Waals surface area contributed by atoms with E-state index in [1.165, 1.54) is 6.07 Å². The molecule has 1 heterocycles. The van der Waals surface area contributed by atoms with E-state index in [0.717, 1.165) is 30.4 Å². The van der Waals surface area contributed by atoms with Crippen LogP contribution in [0.1, 0.15) is 36.9 Å². The summed E-state index contributed by atoms with van der Waals surface area (Å²) in [5, 5.41) is 12.3. The van der Waals surface area contributed by atoms with E-state index in [-0.39, 0.29) is 36.3 Å². The van der Waals surface area contributed by atoms with Gasteiger partial charge in [-0.3, -0.25) is 0 Å².